The van der Waals surface area contributed by atoms with Crippen molar-refractivity contribution in [2.24, 2.45) is 0 Å². The van der Waals surface area contributed by atoms with Crippen molar-refractivity contribution in [3.8, 4) is 0 Å². The molecule has 0 spiro atoms. The van der Waals surface area contributed by atoms with Gasteiger partial charge in [0.1, 0.15) is 5.82 Å². The van der Waals surface area contributed by atoms with Gasteiger partial charge in [-0.05, 0) is 18.6 Å². The molecule has 0 bridgehead atoms. The van der Waals surface area contributed by atoms with Gasteiger partial charge in [0, 0.05) is 0 Å². The molecule has 0 aliphatic heterocycles. The molecule has 0 heterocycles. The third-order valence-corrected chi connectivity index (χ3v) is 1.31. The van der Waals surface area contributed by atoms with Crippen LogP contribution in [-0.2, 0) is 0 Å². The molecule has 1 aromatic carbocycles. The van der Waals surface area contributed by atoms with Crippen LogP contribution in [0.2, 0.25) is 0 Å². The van der Waals surface area contributed by atoms with Crippen LogP contribution in [0.4, 0.5) is 4.39 Å². The Morgan fingerprint density at radius 3 is 2.64 bits per heavy atom. The molecule has 0 unspecified atom stereocenters. The lowest BCUT2D eigenvalue weighted by atomic mass is 10.1. The van der Waals surface area contributed by atoms with Gasteiger partial charge in [-0.2, -0.15) is 0 Å². The second kappa shape index (κ2) is 2.70. The van der Waals surface area contributed by atoms with Crippen LogP contribution in [0.25, 0.3) is 0 Å². The molecule has 0 aliphatic carbocycles. The highest BCUT2D eigenvalue weighted by Gasteiger charge is 2.10. The van der Waals surface area contributed by atoms with Gasteiger partial charge < -0.3 is 5.11 Å². The quantitative estimate of drug-likeness (QED) is 0.666. The van der Waals surface area contributed by atoms with Crippen molar-refractivity contribution in [3.05, 3.63) is 42.1 Å². The van der Waals surface area contributed by atoms with Gasteiger partial charge in [0.2, 0.25) is 0 Å². The number of halogens is 1. The first kappa shape index (κ1) is 7.72. The van der Waals surface area contributed by atoms with Crippen LogP contribution in [0.5, 0.6) is 0 Å². The molecule has 3 heteroatoms. The van der Waals surface area contributed by atoms with Gasteiger partial charge in [-0.15, -0.1) is 0 Å². The number of hydrogen-bond donors (Lipinski definition) is 1. The van der Waals surface area contributed by atoms with Crippen molar-refractivity contribution in [3.63, 3.8) is 0 Å². The summed E-state index contributed by atoms with van der Waals surface area (Å²) < 4.78 is 12.8. The summed E-state index contributed by atoms with van der Waals surface area (Å²) in [4.78, 5) is 10.3. The van der Waals surface area contributed by atoms with E-state index in [0.29, 0.717) is 0 Å². The van der Waals surface area contributed by atoms with E-state index in [1.54, 1.807) is 0 Å². The average molecular weight is 153 g/mol. The number of rotatable bonds is 1. The largest absolute Gasteiger partial charge is 0.478 e. The Hall–Kier alpha value is -1.38. The van der Waals surface area contributed by atoms with Crippen LogP contribution in [0.15, 0.2) is 18.2 Å². The second-order valence-electron chi connectivity index (χ2n) is 2.08. The zero-order valence-electron chi connectivity index (χ0n) is 5.67. The Bertz CT molecular complexity index is 294. The fourth-order valence-electron chi connectivity index (χ4n) is 0.745. The first-order chi connectivity index (χ1) is 5.13. The van der Waals surface area contributed by atoms with E-state index < -0.39 is 11.8 Å². The number of benzene rings is 1. The maximum atomic E-state index is 12.8. The minimum Gasteiger partial charge on any atom is -0.478 e. The van der Waals surface area contributed by atoms with E-state index in [1.807, 2.05) is 0 Å². The number of carboxylic acid groups (broad SMARTS) is 1. The minimum atomic E-state index is -1.27. The van der Waals surface area contributed by atoms with Gasteiger partial charge in [0.25, 0.3) is 0 Å². The van der Waals surface area contributed by atoms with Crippen LogP contribution in [0.3, 0.4) is 0 Å². The molecule has 11 heavy (non-hydrogen) atoms. The Labute approximate surface area is 63.3 Å². The molecule has 0 saturated heterocycles. The predicted octanol–water partition coefficient (Wildman–Crippen LogP) is 1.71. The van der Waals surface area contributed by atoms with E-state index in [1.165, 1.54) is 18.2 Å². The lowest BCUT2D eigenvalue weighted by molar-refractivity contribution is 0.0692. The van der Waals surface area contributed by atoms with Gasteiger partial charge in [-0.3, -0.25) is 0 Å². The van der Waals surface area contributed by atoms with Crippen molar-refractivity contribution in [2.45, 2.75) is 0 Å². The zero-order valence-corrected chi connectivity index (χ0v) is 5.67. The lowest BCUT2D eigenvalue weighted by Gasteiger charge is -1.98. The molecule has 0 saturated carbocycles. The molecule has 0 fully saturated rings. The molecule has 1 N–H and O–H groups in total. The van der Waals surface area contributed by atoms with E-state index in [4.69, 9.17) is 5.11 Å². The first-order valence-corrected chi connectivity index (χ1v) is 2.96. The fraction of sp³-hybridized carbons (Fsp3) is 0. The van der Waals surface area contributed by atoms with Crippen LogP contribution in [0.1, 0.15) is 15.9 Å². The van der Waals surface area contributed by atoms with Crippen LogP contribution >= 0.6 is 0 Å². The van der Waals surface area contributed by atoms with Gasteiger partial charge in [-0.1, -0.05) is 12.1 Å². The summed E-state index contributed by atoms with van der Waals surface area (Å²) in [5, 5.41) is 8.42. The smallest absolute Gasteiger partial charge is 0.338 e. The molecule has 0 amide bonds. The molecule has 0 aliphatic rings. The maximum absolute atomic E-state index is 12.8. The van der Waals surface area contributed by atoms with Gasteiger partial charge in [0.05, 0.1) is 5.56 Å². The van der Waals surface area contributed by atoms with Crippen molar-refractivity contribution < 1.29 is 14.3 Å². The lowest BCUT2D eigenvalue weighted by Crippen LogP contribution is -2.01. The Morgan fingerprint density at radius 1 is 1.55 bits per heavy atom. The molecular weight excluding hydrogens is 147 g/mol. The number of carboxylic acids is 1. The summed E-state index contributed by atoms with van der Waals surface area (Å²) in [5.41, 5.74) is -0.234. The Morgan fingerprint density at radius 2 is 2.18 bits per heavy atom. The number of carbonyl (C=O) groups is 1. The molecule has 1 radical (unpaired) electrons. The molecular formula is C8H6FO2. The highest BCUT2D eigenvalue weighted by atomic mass is 19.1. The minimum absolute atomic E-state index is 0.102. The zero-order chi connectivity index (χ0) is 8.43. The molecule has 0 atom stereocenters. The van der Waals surface area contributed by atoms with Crippen molar-refractivity contribution in [1.82, 2.24) is 0 Å². The Balaban J connectivity index is 3.27. The Kier molecular flexibility index (Phi) is 1.89. The van der Waals surface area contributed by atoms with E-state index in [0.717, 1.165) is 0 Å². The molecule has 1 rings (SSSR count). The maximum Gasteiger partial charge on any atom is 0.338 e. The third-order valence-electron chi connectivity index (χ3n) is 1.31. The SMILES string of the molecule is [CH2]c1cccc(C(=O)O)c1F. The van der Waals surface area contributed by atoms with Crippen molar-refractivity contribution in [1.29, 1.82) is 0 Å². The molecule has 0 aromatic heterocycles. The topological polar surface area (TPSA) is 37.3 Å². The van der Waals surface area contributed by atoms with E-state index in [-0.39, 0.29) is 11.1 Å². The normalized spacial score (nSPS) is 9.64. The first-order valence-electron chi connectivity index (χ1n) is 2.96. The van der Waals surface area contributed by atoms with Crippen molar-refractivity contribution >= 4 is 5.97 Å². The average Bonchev–Trinajstić information content (AvgIpc) is 1.94. The number of hydrogen-bond acceptors (Lipinski definition) is 1. The van der Waals surface area contributed by atoms with E-state index in [2.05, 4.69) is 6.92 Å². The standard InChI is InChI=1S/C8H6FO2/c1-5-3-2-4-6(7(5)9)8(10)11/h2-4H,1H2,(H,10,11). The summed E-state index contributed by atoms with van der Waals surface area (Å²) in [6.45, 7) is 3.32. The predicted molar refractivity (Wildman–Crippen MR) is 37.8 cm³/mol. The van der Waals surface area contributed by atoms with E-state index >= 15 is 0 Å². The van der Waals surface area contributed by atoms with Crippen LogP contribution in [-0.4, -0.2) is 11.1 Å². The highest BCUT2D eigenvalue weighted by molar-refractivity contribution is 5.88. The van der Waals surface area contributed by atoms with Crippen LogP contribution in [0, 0.1) is 12.7 Å². The van der Waals surface area contributed by atoms with Crippen molar-refractivity contribution in [2.75, 3.05) is 0 Å². The fourth-order valence-corrected chi connectivity index (χ4v) is 0.745. The van der Waals surface area contributed by atoms with Gasteiger partial charge >= 0.3 is 5.97 Å². The number of aromatic carboxylic acids is 1. The van der Waals surface area contributed by atoms with Gasteiger partial charge in [-0.25, -0.2) is 9.18 Å². The monoisotopic (exact) mass is 153 g/mol. The molecule has 2 nitrogen and oxygen atoms in total. The highest BCUT2D eigenvalue weighted by Crippen LogP contribution is 2.10. The molecule has 1 aromatic rings. The van der Waals surface area contributed by atoms with E-state index in [9.17, 15) is 9.18 Å². The summed E-state index contributed by atoms with van der Waals surface area (Å²) in [5.74, 6) is -2.03. The summed E-state index contributed by atoms with van der Waals surface area (Å²) in [6.07, 6.45) is 0. The van der Waals surface area contributed by atoms with Gasteiger partial charge in [0.15, 0.2) is 0 Å². The summed E-state index contributed by atoms with van der Waals surface area (Å²) in [6, 6.07) is 4.07. The third kappa shape index (κ3) is 1.37. The molecule has 57 valence electrons. The summed E-state index contributed by atoms with van der Waals surface area (Å²) in [7, 11) is 0. The summed E-state index contributed by atoms with van der Waals surface area (Å²) >= 11 is 0. The second-order valence-corrected chi connectivity index (χ2v) is 2.08. The van der Waals surface area contributed by atoms with Crippen LogP contribution < -0.4 is 0 Å².